The summed E-state index contributed by atoms with van der Waals surface area (Å²) >= 11 is 0. The molecule has 204 valence electrons. The number of ether oxygens (including phenoxy) is 6. The topological polar surface area (TPSA) is 114 Å². The summed E-state index contributed by atoms with van der Waals surface area (Å²) in [4.78, 5) is 25.1. The van der Waals surface area contributed by atoms with Crippen molar-refractivity contribution in [3.63, 3.8) is 0 Å². The molecule has 0 atom stereocenters. The van der Waals surface area contributed by atoms with Crippen molar-refractivity contribution < 1.29 is 38.0 Å². The van der Waals surface area contributed by atoms with E-state index in [1.54, 1.807) is 24.3 Å². The summed E-state index contributed by atoms with van der Waals surface area (Å²) in [7, 11) is 9.08. The van der Waals surface area contributed by atoms with Gasteiger partial charge in [-0.1, -0.05) is 19.3 Å². The molecule has 0 spiro atoms. The SMILES string of the molecule is COc1cc(C(=O)NCCCCCCCNC(=O)c2cc(OC)c(OC)c(OC)c2)cc(OC)c1OC. The molecule has 0 bridgehead atoms. The molecule has 2 aromatic rings. The summed E-state index contributed by atoms with van der Waals surface area (Å²) in [5, 5.41) is 5.85. The van der Waals surface area contributed by atoms with Crippen LogP contribution >= 0.6 is 0 Å². The van der Waals surface area contributed by atoms with Crippen LogP contribution in [0.2, 0.25) is 0 Å². The molecule has 10 nitrogen and oxygen atoms in total. The second-order valence-corrected chi connectivity index (χ2v) is 8.11. The van der Waals surface area contributed by atoms with Crippen LogP contribution in [0.4, 0.5) is 0 Å². The van der Waals surface area contributed by atoms with Gasteiger partial charge in [0, 0.05) is 24.2 Å². The predicted molar refractivity (Wildman–Crippen MR) is 140 cm³/mol. The third-order valence-electron chi connectivity index (χ3n) is 5.78. The number of nitrogens with one attached hydrogen (secondary N) is 2. The molecular weight excluding hydrogens is 480 g/mol. The molecule has 10 heteroatoms. The number of rotatable bonds is 16. The summed E-state index contributed by atoms with van der Waals surface area (Å²) < 4.78 is 31.8. The van der Waals surface area contributed by atoms with Gasteiger partial charge in [0.1, 0.15) is 0 Å². The number of hydrogen-bond donors (Lipinski definition) is 2. The molecule has 0 unspecified atom stereocenters. The van der Waals surface area contributed by atoms with Crippen LogP contribution in [0.1, 0.15) is 52.8 Å². The van der Waals surface area contributed by atoms with Crippen LogP contribution < -0.4 is 39.1 Å². The van der Waals surface area contributed by atoms with Crippen LogP contribution in [-0.4, -0.2) is 67.6 Å². The van der Waals surface area contributed by atoms with Gasteiger partial charge in [0.05, 0.1) is 42.7 Å². The minimum Gasteiger partial charge on any atom is -0.493 e. The molecule has 0 saturated heterocycles. The smallest absolute Gasteiger partial charge is 0.251 e. The minimum atomic E-state index is -0.200. The number of methoxy groups -OCH3 is 6. The zero-order valence-corrected chi connectivity index (χ0v) is 22.5. The van der Waals surface area contributed by atoms with Crippen molar-refractivity contribution in [1.29, 1.82) is 0 Å². The standard InChI is InChI=1S/C27H38N2O8/c1-32-20-14-18(15-21(33-2)24(20)36-5)26(30)28-12-10-8-7-9-11-13-29-27(31)19-16-22(34-3)25(37-6)23(17-19)35-4/h14-17H,7-13H2,1-6H3,(H,28,30)(H,29,31). The second-order valence-electron chi connectivity index (χ2n) is 8.11. The van der Waals surface area contributed by atoms with E-state index in [2.05, 4.69) is 10.6 Å². The molecule has 0 aromatic heterocycles. The largest absolute Gasteiger partial charge is 0.493 e. The van der Waals surface area contributed by atoms with E-state index >= 15 is 0 Å². The Labute approximate surface area is 218 Å². The molecule has 0 radical (unpaired) electrons. The van der Waals surface area contributed by atoms with Gasteiger partial charge in [-0.25, -0.2) is 0 Å². The Morgan fingerprint density at radius 1 is 0.514 bits per heavy atom. The van der Waals surface area contributed by atoms with E-state index in [4.69, 9.17) is 28.4 Å². The average molecular weight is 519 g/mol. The van der Waals surface area contributed by atoms with E-state index in [-0.39, 0.29) is 11.8 Å². The number of carbonyl (C=O) groups is 2. The van der Waals surface area contributed by atoms with E-state index in [1.807, 2.05) is 0 Å². The van der Waals surface area contributed by atoms with Gasteiger partial charge in [-0.15, -0.1) is 0 Å². The fraction of sp³-hybridized carbons (Fsp3) is 0.481. The highest BCUT2D eigenvalue weighted by molar-refractivity contribution is 5.96. The number of amides is 2. The highest BCUT2D eigenvalue weighted by Crippen LogP contribution is 2.39. The zero-order chi connectivity index (χ0) is 27.2. The van der Waals surface area contributed by atoms with Crippen LogP contribution in [0.25, 0.3) is 0 Å². The maximum absolute atomic E-state index is 12.5. The summed E-state index contributed by atoms with van der Waals surface area (Å²) in [6, 6.07) is 6.51. The van der Waals surface area contributed by atoms with Gasteiger partial charge in [-0.2, -0.15) is 0 Å². The summed E-state index contributed by atoms with van der Waals surface area (Å²) in [6.07, 6.45) is 4.65. The van der Waals surface area contributed by atoms with E-state index in [0.29, 0.717) is 58.7 Å². The van der Waals surface area contributed by atoms with Crippen molar-refractivity contribution in [1.82, 2.24) is 10.6 Å². The Morgan fingerprint density at radius 3 is 1.08 bits per heavy atom. The Hall–Kier alpha value is -3.82. The lowest BCUT2D eigenvalue weighted by Crippen LogP contribution is -2.25. The maximum Gasteiger partial charge on any atom is 0.251 e. The van der Waals surface area contributed by atoms with Gasteiger partial charge in [-0.05, 0) is 37.1 Å². The molecule has 0 aliphatic heterocycles. The van der Waals surface area contributed by atoms with Crippen molar-refractivity contribution >= 4 is 11.8 Å². The van der Waals surface area contributed by atoms with E-state index in [9.17, 15) is 9.59 Å². The van der Waals surface area contributed by atoms with Gasteiger partial charge in [0.2, 0.25) is 11.5 Å². The monoisotopic (exact) mass is 518 g/mol. The Kier molecular flexibility index (Phi) is 12.2. The highest BCUT2D eigenvalue weighted by atomic mass is 16.5. The van der Waals surface area contributed by atoms with E-state index in [0.717, 1.165) is 32.1 Å². The van der Waals surface area contributed by atoms with Crippen molar-refractivity contribution in [2.45, 2.75) is 32.1 Å². The summed E-state index contributed by atoms with van der Waals surface area (Å²) in [5.74, 6) is 2.23. The zero-order valence-electron chi connectivity index (χ0n) is 22.5. The Balaban J connectivity index is 1.68. The van der Waals surface area contributed by atoms with Crippen molar-refractivity contribution in [3.8, 4) is 34.5 Å². The van der Waals surface area contributed by atoms with Crippen LogP contribution in [0.5, 0.6) is 34.5 Å². The molecular formula is C27H38N2O8. The minimum absolute atomic E-state index is 0.200. The lowest BCUT2D eigenvalue weighted by molar-refractivity contribution is 0.0945. The van der Waals surface area contributed by atoms with Crippen molar-refractivity contribution in [3.05, 3.63) is 35.4 Å². The first-order chi connectivity index (χ1) is 17.9. The van der Waals surface area contributed by atoms with Crippen molar-refractivity contribution in [2.24, 2.45) is 0 Å². The van der Waals surface area contributed by atoms with Gasteiger partial charge < -0.3 is 39.1 Å². The lowest BCUT2D eigenvalue weighted by Gasteiger charge is -2.14. The fourth-order valence-electron chi connectivity index (χ4n) is 3.81. The predicted octanol–water partition coefficient (Wildman–Crippen LogP) is 3.85. The first kappa shape index (κ1) is 29.4. The Bertz CT molecular complexity index is 910. The number of carbonyl (C=O) groups excluding carboxylic acids is 2. The van der Waals surface area contributed by atoms with Crippen LogP contribution in [0.3, 0.4) is 0 Å². The fourth-order valence-corrected chi connectivity index (χ4v) is 3.81. The first-order valence-corrected chi connectivity index (χ1v) is 12.1. The second kappa shape index (κ2) is 15.3. The third-order valence-corrected chi connectivity index (χ3v) is 5.78. The van der Waals surface area contributed by atoms with Crippen LogP contribution in [0.15, 0.2) is 24.3 Å². The molecule has 2 amide bonds. The summed E-state index contributed by atoms with van der Waals surface area (Å²) in [6.45, 7) is 1.13. The maximum atomic E-state index is 12.5. The average Bonchev–Trinajstić information content (AvgIpc) is 2.93. The molecule has 37 heavy (non-hydrogen) atoms. The molecule has 0 aliphatic rings. The quantitative estimate of drug-likeness (QED) is 0.322. The first-order valence-electron chi connectivity index (χ1n) is 12.1. The van der Waals surface area contributed by atoms with Gasteiger partial charge in [0.15, 0.2) is 23.0 Å². The van der Waals surface area contributed by atoms with Crippen molar-refractivity contribution in [2.75, 3.05) is 55.7 Å². The molecule has 2 N–H and O–H groups in total. The molecule has 0 saturated carbocycles. The van der Waals surface area contributed by atoms with E-state index in [1.165, 1.54) is 42.7 Å². The molecule has 2 rings (SSSR count). The lowest BCUT2D eigenvalue weighted by atomic mass is 10.1. The normalized spacial score (nSPS) is 10.3. The third kappa shape index (κ3) is 8.09. The summed E-state index contributed by atoms with van der Waals surface area (Å²) in [5.41, 5.74) is 0.884. The molecule has 0 fully saturated rings. The number of hydrogen-bond acceptors (Lipinski definition) is 8. The highest BCUT2D eigenvalue weighted by Gasteiger charge is 2.18. The van der Waals surface area contributed by atoms with E-state index < -0.39 is 0 Å². The molecule has 0 heterocycles. The van der Waals surface area contributed by atoms with Crippen LogP contribution in [0, 0.1) is 0 Å². The number of benzene rings is 2. The molecule has 0 aliphatic carbocycles. The molecule has 2 aromatic carbocycles. The number of unbranched alkanes of at least 4 members (excludes halogenated alkanes) is 4. The Morgan fingerprint density at radius 2 is 0.811 bits per heavy atom. The van der Waals surface area contributed by atoms with Crippen LogP contribution in [-0.2, 0) is 0 Å². The van der Waals surface area contributed by atoms with Gasteiger partial charge >= 0.3 is 0 Å². The van der Waals surface area contributed by atoms with Gasteiger partial charge in [-0.3, -0.25) is 9.59 Å². The van der Waals surface area contributed by atoms with Gasteiger partial charge in [0.25, 0.3) is 11.8 Å².